The molecule has 0 bridgehead atoms. The summed E-state index contributed by atoms with van der Waals surface area (Å²) in [5.41, 5.74) is 2.10. The molecule has 4 heteroatoms. The third-order valence-electron chi connectivity index (χ3n) is 4.27. The van der Waals surface area contributed by atoms with Gasteiger partial charge in [-0.15, -0.1) is 0 Å². The summed E-state index contributed by atoms with van der Waals surface area (Å²) in [4.78, 5) is 11.9. The monoisotopic (exact) mass is 331 g/mol. The van der Waals surface area contributed by atoms with Crippen molar-refractivity contribution in [2.24, 2.45) is 0 Å². The summed E-state index contributed by atoms with van der Waals surface area (Å²) in [6.07, 6.45) is 0. The quantitative estimate of drug-likeness (QED) is 0.440. The van der Waals surface area contributed by atoms with Gasteiger partial charge in [0.25, 0.3) is 0 Å². The van der Waals surface area contributed by atoms with Gasteiger partial charge < -0.3 is 14.5 Å². The Labute approximate surface area is 144 Å². The molecule has 0 unspecified atom stereocenters. The van der Waals surface area contributed by atoms with Crippen LogP contribution in [0.25, 0.3) is 21.7 Å². The van der Waals surface area contributed by atoms with E-state index in [1.54, 1.807) is 13.2 Å². The minimum atomic E-state index is -0.342. The van der Waals surface area contributed by atoms with E-state index >= 15 is 0 Å². The van der Waals surface area contributed by atoms with E-state index in [2.05, 4.69) is 11.4 Å². The highest BCUT2D eigenvalue weighted by molar-refractivity contribution is 6.07. The highest BCUT2D eigenvalue weighted by atomic mass is 16.5. The predicted octanol–water partition coefficient (Wildman–Crippen LogP) is 4.57. The standard InChI is InChI=1S/C21H17NO3/c1-24-17-7-4-6-16(12-17)22-13-15-11-20(23)25-19-10-9-14-5-2-3-8-18(14)21(15)19/h2-12,22H,13H2,1H3. The maximum Gasteiger partial charge on any atom is 0.336 e. The summed E-state index contributed by atoms with van der Waals surface area (Å²) in [5, 5.41) is 6.52. The highest BCUT2D eigenvalue weighted by Crippen LogP contribution is 2.28. The van der Waals surface area contributed by atoms with Gasteiger partial charge in [0.2, 0.25) is 0 Å². The van der Waals surface area contributed by atoms with Gasteiger partial charge in [-0.3, -0.25) is 0 Å². The van der Waals surface area contributed by atoms with Crippen LogP contribution in [0.3, 0.4) is 0 Å². The SMILES string of the molecule is COc1cccc(NCc2cc(=O)oc3ccc4ccccc4c23)c1. The lowest BCUT2D eigenvalue weighted by atomic mass is 10.0. The number of nitrogens with one attached hydrogen (secondary N) is 1. The Morgan fingerprint density at radius 3 is 2.76 bits per heavy atom. The number of anilines is 1. The number of benzene rings is 3. The molecule has 124 valence electrons. The molecule has 4 aromatic rings. The second-order valence-corrected chi connectivity index (χ2v) is 5.84. The van der Waals surface area contributed by atoms with E-state index in [4.69, 9.17) is 9.15 Å². The number of methoxy groups -OCH3 is 1. The van der Waals surface area contributed by atoms with Gasteiger partial charge in [0, 0.05) is 29.8 Å². The minimum Gasteiger partial charge on any atom is -0.497 e. The van der Waals surface area contributed by atoms with Crippen LogP contribution in [-0.4, -0.2) is 7.11 Å². The van der Waals surface area contributed by atoms with Gasteiger partial charge in [-0.05, 0) is 34.5 Å². The molecule has 4 rings (SSSR count). The largest absolute Gasteiger partial charge is 0.497 e. The topological polar surface area (TPSA) is 51.5 Å². The molecule has 3 aromatic carbocycles. The summed E-state index contributed by atoms with van der Waals surface area (Å²) in [6, 6.07) is 21.2. The van der Waals surface area contributed by atoms with E-state index in [-0.39, 0.29) is 5.63 Å². The minimum absolute atomic E-state index is 0.342. The number of hydrogen-bond donors (Lipinski definition) is 1. The maximum atomic E-state index is 11.9. The van der Waals surface area contributed by atoms with Crippen LogP contribution in [0.15, 0.2) is 75.9 Å². The molecule has 1 N–H and O–H groups in total. The molecule has 0 aliphatic rings. The first-order chi connectivity index (χ1) is 12.2. The van der Waals surface area contributed by atoms with Crippen molar-refractivity contribution in [1.82, 2.24) is 0 Å². The Balaban J connectivity index is 1.80. The second-order valence-electron chi connectivity index (χ2n) is 5.84. The molecular formula is C21H17NO3. The summed E-state index contributed by atoms with van der Waals surface area (Å²) in [7, 11) is 1.64. The van der Waals surface area contributed by atoms with Gasteiger partial charge in [0.1, 0.15) is 11.3 Å². The Hall–Kier alpha value is -3.27. The first-order valence-electron chi connectivity index (χ1n) is 8.07. The molecule has 1 aromatic heterocycles. The van der Waals surface area contributed by atoms with E-state index in [1.165, 1.54) is 0 Å². The van der Waals surface area contributed by atoms with E-state index in [9.17, 15) is 4.79 Å². The Kier molecular flexibility index (Phi) is 3.86. The molecule has 0 saturated carbocycles. The van der Waals surface area contributed by atoms with Crippen LogP contribution < -0.4 is 15.7 Å². The van der Waals surface area contributed by atoms with Crippen molar-refractivity contribution in [3.05, 3.63) is 82.7 Å². The number of ether oxygens (including phenoxy) is 1. The number of fused-ring (bicyclic) bond motifs is 3. The van der Waals surface area contributed by atoms with Crippen LogP contribution in [0.2, 0.25) is 0 Å². The lowest BCUT2D eigenvalue weighted by molar-refractivity contribution is 0.415. The van der Waals surface area contributed by atoms with Crippen LogP contribution in [0.5, 0.6) is 5.75 Å². The van der Waals surface area contributed by atoms with Crippen LogP contribution >= 0.6 is 0 Å². The van der Waals surface area contributed by atoms with Crippen LogP contribution in [-0.2, 0) is 6.54 Å². The fraction of sp³-hybridized carbons (Fsp3) is 0.0952. The van der Waals surface area contributed by atoms with Crippen LogP contribution in [0, 0.1) is 0 Å². The van der Waals surface area contributed by atoms with E-state index in [1.807, 2.05) is 54.6 Å². The van der Waals surface area contributed by atoms with Crippen molar-refractivity contribution in [3.63, 3.8) is 0 Å². The fourth-order valence-corrected chi connectivity index (χ4v) is 3.09. The second kappa shape index (κ2) is 6.32. The van der Waals surface area contributed by atoms with Gasteiger partial charge in [0.15, 0.2) is 0 Å². The summed E-state index contributed by atoms with van der Waals surface area (Å²) >= 11 is 0. The van der Waals surface area contributed by atoms with E-state index in [0.29, 0.717) is 12.1 Å². The number of rotatable bonds is 4. The first-order valence-corrected chi connectivity index (χ1v) is 8.07. The molecule has 0 amide bonds. The van der Waals surface area contributed by atoms with E-state index in [0.717, 1.165) is 33.2 Å². The average Bonchev–Trinajstić information content (AvgIpc) is 2.65. The molecule has 4 nitrogen and oxygen atoms in total. The summed E-state index contributed by atoms with van der Waals surface area (Å²) in [6.45, 7) is 0.517. The molecular weight excluding hydrogens is 314 g/mol. The van der Waals surface area contributed by atoms with Crippen molar-refractivity contribution < 1.29 is 9.15 Å². The van der Waals surface area contributed by atoms with Crippen molar-refractivity contribution in [3.8, 4) is 5.75 Å². The molecule has 0 saturated heterocycles. The normalized spacial score (nSPS) is 10.9. The maximum absolute atomic E-state index is 11.9. The Bertz CT molecular complexity index is 1110. The predicted molar refractivity (Wildman–Crippen MR) is 100 cm³/mol. The fourth-order valence-electron chi connectivity index (χ4n) is 3.09. The van der Waals surface area contributed by atoms with Crippen molar-refractivity contribution in [2.45, 2.75) is 6.54 Å². The van der Waals surface area contributed by atoms with Gasteiger partial charge in [-0.1, -0.05) is 36.4 Å². The number of hydrogen-bond acceptors (Lipinski definition) is 4. The Morgan fingerprint density at radius 1 is 1.00 bits per heavy atom. The zero-order valence-corrected chi connectivity index (χ0v) is 13.8. The van der Waals surface area contributed by atoms with Gasteiger partial charge in [-0.2, -0.15) is 0 Å². The third-order valence-corrected chi connectivity index (χ3v) is 4.27. The first kappa shape index (κ1) is 15.3. The Morgan fingerprint density at radius 2 is 1.88 bits per heavy atom. The zero-order chi connectivity index (χ0) is 17.2. The van der Waals surface area contributed by atoms with Crippen molar-refractivity contribution >= 4 is 27.4 Å². The molecule has 25 heavy (non-hydrogen) atoms. The molecule has 0 fully saturated rings. The van der Waals surface area contributed by atoms with Gasteiger partial charge in [-0.25, -0.2) is 4.79 Å². The van der Waals surface area contributed by atoms with Crippen LogP contribution in [0.1, 0.15) is 5.56 Å². The van der Waals surface area contributed by atoms with E-state index < -0.39 is 0 Å². The average molecular weight is 331 g/mol. The highest BCUT2D eigenvalue weighted by Gasteiger charge is 2.09. The lowest BCUT2D eigenvalue weighted by Crippen LogP contribution is -2.06. The summed E-state index contributed by atoms with van der Waals surface area (Å²) in [5.74, 6) is 0.785. The van der Waals surface area contributed by atoms with Gasteiger partial charge in [0.05, 0.1) is 7.11 Å². The molecule has 0 radical (unpaired) electrons. The molecule has 1 heterocycles. The lowest BCUT2D eigenvalue weighted by Gasteiger charge is -2.11. The smallest absolute Gasteiger partial charge is 0.336 e. The molecule has 0 atom stereocenters. The third kappa shape index (κ3) is 2.94. The molecule has 0 aliphatic heterocycles. The summed E-state index contributed by atoms with van der Waals surface area (Å²) < 4.78 is 10.6. The molecule has 0 spiro atoms. The zero-order valence-electron chi connectivity index (χ0n) is 13.8. The van der Waals surface area contributed by atoms with Crippen LogP contribution in [0.4, 0.5) is 5.69 Å². The van der Waals surface area contributed by atoms with Crippen molar-refractivity contribution in [1.29, 1.82) is 0 Å². The van der Waals surface area contributed by atoms with Gasteiger partial charge >= 0.3 is 5.63 Å². The molecule has 0 aliphatic carbocycles. The van der Waals surface area contributed by atoms with Crippen molar-refractivity contribution in [2.75, 3.05) is 12.4 Å².